The zero-order valence-electron chi connectivity index (χ0n) is 10.0. The summed E-state index contributed by atoms with van der Waals surface area (Å²) in [5, 5.41) is 13.5. The first-order valence-electron chi connectivity index (χ1n) is 5.26. The molecule has 0 saturated heterocycles. The van der Waals surface area contributed by atoms with Crippen LogP contribution in [0.2, 0.25) is 0 Å². The second kappa shape index (κ2) is 6.29. The maximum atomic E-state index is 13.3. The summed E-state index contributed by atoms with van der Waals surface area (Å²) in [5.41, 5.74) is -0.244. The van der Waals surface area contributed by atoms with Crippen molar-refractivity contribution < 1.29 is 17.7 Å². The molecule has 0 heterocycles. The summed E-state index contributed by atoms with van der Waals surface area (Å²) < 4.78 is 35.1. The first kappa shape index (κ1) is 15.8. The molecule has 0 unspecified atom stereocenters. The van der Waals surface area contributed by atoms with E-state index in [2.05, 4.69) is 21.2 Å². The average Bonchev–Trinajstić information content (AvgIpc) is 2.27. The maximum absolute atomic E-state index is 13.3. The molecule has 0 fully saturated rings. The lowest BCUT2D eigenvalue weighted by Crippen LogP contribution is -2.10. The summed E-state index contributed by atoms with van der Waals surface area (Å²) in [6, 6.07) is 2.07. The van der Waals surface area contributed by atoms with Crippen molar-refractivity contribution in [3.63, 3.8) is 0 Å². The van der Waals surface area contributed by atoms with Gasteiger partial charge in [-0.15, -0.1) is 0 Å². The van der Waals surface area contributed by atoms with Crippen molar-refractivity contribution in [1.82, 2.24) is 0 Å². The van der Waals surface area contributed by atoms with Crippen LogP contribution in [0.25, 0.3) is 0 Å². The van der Waals surface area contributed by atoms with Gasteiger partial charge in [0.15, 0.2) is 0 Å². The highest BCUT2D eigenvalue weighted by molar-refractivity contribution is 9.10. The fraction of sp³-hybridized carbons (Fsp3) is 0.400. The number of nitro benzene ring substituents is 1. The molecule has 0 aliphatic carbocycles. The van der Waals surface area contributed by atoms with Gasteiger partial charge in [-0.05, 0) is 22.4 Å². The van der Waals surface area contributed by atoms with Gasteiger partial charge in [-0.3, -0.25) is 10.1 Å². The molecule has 0 aliphatic rings. The molecule has 1 N–H and O–H groups in total. The topological polar surface area (TPSA) is 89.3 Å². The van der Waals surface area contributed by atoms with Crippen LogP contribution < -0.4 is 5.32 Å². The summed E-state index contributed by atoms with van der Waals surface area (Å²) in [5.74, 6) is -0.663. The Hall–Kier alpha value is -1.22. The molecule has 0 atom stereocenters. The highest BCUT2D eigenvalue weighted by Gasteiger charge is 2.17. The summed E-state index contributed by atoms with van der Waals surface area (Å²) in [7, 11) is -3.08. The number of nitro groups is 1. The van der Waals surface area contributed by atoms with Crippen LogP contribution in [-0.2, 0) is 9.84 Å². The standard InChI is InChI=1S/C10H12BrFN2O4S/c1-19(17,18)4-2-3-13-9-6-8(12)7(11)5-10(9)14(15)16/h5-6,13H,2-4H2,1H3. The van der Waals surface area contributed by atoms with E-state index >= 15 is 0 Å². The van der Waals surface area contributed by atoms with E-state index in [1.165, 1.54) is 0 Å². The molecule has 0 aliphatic heterocycles. The lowest BCUT2D eigenvalue weighted by atomic mass is 10.2. The first-order chi connectivity index (χ1) is 8.70. The first-order valence-corrected chi connectivity index (χ1v) is 8.11. The molecule has 0 amide bonds. The normalized spacial score (nSPS) is 11.3. The summed E-state index contributed by atoms with van der Waals surface area (Å²) in [4.78, 5) is 10.2. The number of hydrogen-bond donors (Lipinski definition) is 1. The van der Waals surface area contributed by atoms with Gasteiger partial charge < -0.3 is 5.32 Å². The Balaban J connectivity index is 2.77. The van der Waals surface area contributed by atoms with Crippen molar-refractivity contribution in [3.05, 3.63) is 32.5 Å². The number of anilines is 1. The summed E-state index contributed by atoms with van der Waals surface area (Å²) >= 11 is 2.87. The Morgan fingerprint density at radius 1 is 1.47 bits per heavy atom. The molecule has 1 aromatic rings. The van der Waals surface area contributed by atoms with Gasteiger partial charge in [0.25, 0.3) is 5.69 Å². The van der Waals surface area contributed by atoms with Crippen molar-refractivity contribution in [2.24, 2.45) is 0 Å². The molecule has 9 heteroatoms. The van der Waals surface area contributed by atoms with Gasteiger partial charge in [0.05, 0.1) is 15.1 Å². The van der Waals surface area contributed by atoms with Crippen molar-refractivity contribution >= 4 is 37.1 Å². The molecule has 0 aromatic heterocycles. The largest absolute Gasteiger partial charge is 0.379 e. The lowest BCUT2D eigenvalue weighted by Gasteiger charge is -2.07. The van der Waals surface area contributed by atoms with Gasteiger partial charge in [-0.2, -0.15) is 0 Å². The SMILES string of the molecule is CS(=O)(=O)CCCNc1cc(F)c(Br)cc1[N+](=O)[O-]. The molecule has 1 aromatic carbocycles. The van der Waals surface area contributed by atoms with E-state index in [9.17, 15) is 22.9 Å². The second-order valence-electron chi connectivity index (χ2n) is 3.95. The summed E-state index contributed by atoms with van der Waals surface area (Å²) in [6.45, 7) is 0.203. The van der Waals surface area contributed by atoms with E-state index in [1.54, 1.807) is 0 Å². The van der Waals surface area contributed by atoms with Crippen LogP contribution in [0.15, 0.2) is 16.6 Å². The van der Waals surface area contributed by atoms with E-state index in [0.717, 1.165) is 18.4 Å². The van der Waals surface area contributed by atoms with Gasteiger partial charge in [0.2, 0.25) is 0 Å². The third-order valence-electron chi connectivity index (χ3n) is 2.24. The smallest absolute Gasteiger partial charge is 0.293 e. The minimum absolute atomic E-state index is 0.000820. The molecule has 106 valence electrons. The van der Waals surface area contributed by atoms with Gasteiger partial charge in [0, 0.05) is 24.9 Å². The number of halogens is 2. The number of nitrogens with one attached hydrogen (secondary N) is 1. The van der Waals surface area contributed by atoms with Crippen LogP contribution in [0.3, 0.4) is 0 Å². The molecular formula is C10H12BrFN2O4S. The second-order valence-corrected chi connectivity index (χ2v) is 7.06. The minimum Gasteiger partial charge on any atom is -0.379 e. The van der Waals surface area contributed by atoms with E-state index in [-0.39, 0.29) is 34.6 Å². The number of hydrogen-bond acceptors (Lipinski definition) is 5. The summed E-state index contributed by atoms with van der Waals surface area (Å²) in [6.07, 6.45) is 1.39. The molecule has 1 rings (SSSR count). The molecular weight excluding hydrogens is 343 g/mol. The van der Waals surface area contributed by atoms with Crippen molar-refractivity contribution in [2.75, 3.05) is 23.9 Å². The van der Waals surface area contributed by atoms with Crippen molar-refractivity contribution in [2.45, 2.75) is 6.42 Å². The van der Waals surface area contributed by atoms with Gasteiger partial charge >= 0.3 is 0 Å². The van der Waals surface area contributed by atoms with E-state index < -0.39 is 20.6 Å². The molecule has 0 radical (unpaired) electrons. The zero-order valence-corrected chi connectivity index (χ0v) is 12.4. The maximum Gasteiger partial charge on any atom is 0.293 e. The van der Waals surface area contributed by atoms with E-state index in [0.29, 0.717) is 0 Å². The highest BCUT2D eigenvalue weighted by atomic mass is 79.9. The number of rotatable bonds is 6. The van der Waals surface area contributed by atoms with Gasteiger partial charge in [-0.25, -0.2) is 12.8 Å². The molecule has 0 saturated carbocycles. The quantitative estimate of drug-likeness (QED) is 0.481. The number of sulfone groups is 1. The van der Waals surface area contributed by atoms with Crippen LogP contribution in [-0.4, -0.2) is 31.9 Å². The molecule has 0 spiro atoms. The van der Waals surface area contributed by atoms with Gasteiger partial charge in [-0.1, -0.05) is 0 Å². The third kappa shape index (κ3) is 5.11. The fourth-order valence-electron chi connectivity index (χ4n) is 1.39. The Morgan fingerprint density at radius 2 is 2.11 bits per heavy atom. The van der Waals surface area contributed by atoms with E-state index in [1.807, 2.05) is 0 Å². The highest BCUT2D eigenvalue weighted by Crippen LogP contribution is 2.30. The van der Waals surface area contributed by atoms with Crippen LogP contribution in [0, 0.1) is 15.9 Å². The van der Waals surface area contributed by atoms with Crippen LogP contribution in [0.5, 0.6) is 0 Å². The Labute approximate surface area is 118 Å². The minimum atomic E-state index is -3.08. The van der Waals surface area contributed by atoms with Crippen LogP contribution >= 0.6 is 15.9 Å². The lowest BCUT2D eigenvalue weighted by molar-refractivity contribution is -0.384. The number of nitrogens with zero attached hydrogens (tertiary/aromatic N) is 1. The van der Waals surface area contributed by atoms with E-state index in [4.69, 9.17) is 0 Å². The molecule has 6 nitrogen and oxygen atoms in total. The zero-order chi connectivity index (χ0) is 14.6. The van der Waals surface area contributed by atoms with Crippen LogP contribution in [0.4, 0.5) is 15.8 Å². The average molecular weight is 355 g/mol. The predicted octanol–water partition coefficient (Wildman–Crippen LogP) is 2.34. The Morgan fingerprint density at radius 3 is 2.63 bits per heavy atom. The van der Waals surface area contributed by atoms with Gasteiger partial charge in [0.1, 0.15) is 21.3 Å². The van der Waals surface area contributed by atoms with Crippen molar-refractivity contribution in [3.8, 4) is 0 Å². The Kier molecular flexibility index (Phi) is 5.24. The van der Waals surface area contributed by atoms with Crippen molar-refractivity contribution in [1.29, 1.82) is 0 Å². The predicted molar refractivity (Wildman–Crippen MR) is 73.6 cm³/mol. The monoisotopic (exact) mass is 354 g/mol. The Bertz CT molecular complexity index is 591. The van der Waals surface area contributed by atoms with Crippen LogP contribution in [0.1, 0.15) is 6.42 Å². The third-order valence-corrected chi connectivity index (χ3v) is 3.88. The molecule has 19 heavy (non-hydrogen) atoms. The molecule has 0 bridgehead atoms. The number of benzene rings is 1. The fourth-order valence-corrected chi connectivity index (χ4v) is 2.39.